The van der Waals surface area contributed by atoms with Crippen LogP contribution in [0.1, 0.15) is 43.0 Å². The first-order valence-electron chi connectivity index (χ1n) is 12.4. The first-order valence-corrected chi connectivity index (χ1v) is 12.4. The average Bonchev–Trinajstić information content (AvgIpc) is 3.49. The first kappa shape index (κ1) is 21.4. The van der Waals surface area contributed by atoms with Crippen LogP contribution < -0.4 is 9.80 Å². The van der Waals surface area contributed by atoms with Gasteiger partial charge in [0.15, 0.2) is 0 Å². The van der Waals surface area contributed by atoms with E-state index in [0.717, 1.165) is 60.7 Å². The predicted molar refractivity (Wildman–Crippen MR) is 134 cm³/mol. The summed E-state index contributed by atoms with van der Waals surface area (Å²) in [7, 11) is 0. The molecule has 3 aromatic carbocycles. The molecule has 1 amide bonds. The van der Waals surface area contributed by atoms with Crippen LogP contribution in [0.2, 0.25) is 0 Å². The van der Waals surface area contributed by atoms with Gasteiger partial charge in [0.1, 0.15) is 12.0 Å². The third kappa shape index (κ3) is 3.88. The Morgan fingerprint density at radius 1 is 0.882 bits per heavy atom. The fraction of sp³-hybridized carbons (Fsp3) is 0.345. The van der Waals surface area contributed by atoms with Gasteiger partial charge in [0.05, 0.1) is 18.0 Å². The Balaban J connectivity index is 1.41. The standard InChI is InChI=1S/C29H30FN3O/c1-20-4-15-26-27(18-20)33(29(34)24-9-10-24)28(32(26)19-31-16-2-3-17-31)23-7-5-21(6-8-23)22-11-13-25(30)14-12-22/h4-8,11-15,18,24,28H,2-3,9-10,16-17,19H2,1H3. The summed E-state index contributed by atoms with van der Waals surface area (Å²) in [6.45, 7) is 5.11. The minimum absolute atomic E-state index is 0.140. The van der Waals surface area contributed by atoms with Crippen molar-refractivity contribution in [3.8, 4) is 11.1 Å². The van der Waals surface area contributed by atoms with Gasteiger partial charge in [0.25, 0.3) is 0 Å². The minimum Gasteiger partial charge on any atom is -0.332 e. The van der Waals surface area contributed by atoms with Gasteiger partial charge < -0.3 is 4.90 Å². The van der Waals surface area contributed by atoms with E-state index in [-0.39, 0.29) is 23.8 Å². The molecule has 0 N–H and O–H groups in total. The van der Waals surface area contributed by atoms with Gasteiger partial charge in [-0.2, -0.15) is 0 Å². The highest BCUT2D eigenvalue weighted by Crippen LogP contribution is 2.49. The van der Waals surface area contributed by atoms with Crippen LogP contribution in [0.25, 0.3) is 11.1 Å². The molecule has 174 valence electrons. The molecule has 0 aromatic heterocycles. The van der Waals surface area contributed by atoms with Crippen LogP contribution in [0.15, 0.2) is 66.7 Å². The van der Waals surface area contributed by atoms with Gasteiger partial charge in [-0.15, -0.1) is 0 Å². The van der Waals surface area contributed by atoms with Crippen LogP contribution in [0.5, 0.6) is 0 Å². The van der Waals surface area contributed by atoms with Gasteiger partial charge in [0.2, 0.25) is 5.91 Å². The Morgan fingerprint density at radius 3 is 2.18 bits per heavy atom. The van der Waals surface area contributed by atoms with Crippen LogP contribution in [0.4, 0.5) is 15.8 Å². The van der Waals surface area contributed by atoms with Gasteiger partial charge >= 0.3 is 0 Å². The predicted octanol–water partition coefficient (Wildman–Crippen LogP) is 6.12. The molecule has 0 radical (unpaired) electrons. The number of hydrogen-bond acceptors (Lipinski definition) is 3. The van der Waals surface area contributed by atoms with E-state index in [1.54, 1.807) is 12.1 Å². The van der Waals surface area contributed by atoms with Crippen LogP contribution in [0.3, 0.4) is 0 Å². The highest BCUT2D eigenvalue weighted by atomic mass is 19.1. The van der Waals surface area contributed by atoms with E-state index in [0.29, 0.717) is 0 Å². The number of fused-ring (bicyclic) bond motifs is 1. The molecule has 0 bridgehead atoms. The zero-order valence-electron chi connectivity index (χ0n) is 19.6. The van der Waals surface area contributed by atoms with Crippen molar-refractivity contribution in [3.05, 3.63) is 83.7 Å². The summed E-state index contributed by atoms with van der Waals surface area (Å²) >= 11 is 0. The van der Waals surface area contributed by atoms with E-state index in [4.69, 9.17) is 0 Å². The number of halogens is 1. The zero-order valence-corrected chi connectivity index (χ0v) is 19.6. The Hall–Kier alpha value is -3.18. The number of aryl methyl sites for hydroxylation is 1. The molecule has 2 aliphatic heterocycles. The summed E-state index contributed by atoms with van der Waals surface area (Å²) in [6.07, 6.45) is 4.28. The van der Waals surface area contributed by atoms with Gasteiger partial charge in [-0.1, -0.05) is 42.5 Å². The molecular formula is C29H30FN3O. The number of rotatable bonds is 5. The Kier molecular flexibility index (Phi) is 5.37. The summed E-state index contributed by atoms with van der Waals surface area (Å²) in [6, 6.07) is 21.5. The number of hydrogen-bond donors (Lipinski definition) is 0. The number of benzene rings is 3. The molecule has 1 saturated carbocycles. The SMILES string of the molecule is Cc1ccc2c(c1)N(C(=O)C1CC1)C(c1ccc(-c3ccc(F)cc3)cc1)N2CN1CCCC1. The Labute approximate surface area is 200 Å². The molecular weight excluding hydrogens is 425 g/mol. The van der Waals surface area contributed by atoms with Crippen molar-refractivity contribution in [2.24, 2.45) is 5.92 Å². The maximum Gasteiger partial charge on any atom is 0.232 e. The second kappa shape index (κ2) is 8.55. The number of carbonyl (C=O) groups excluding carboxylic acids is 1. The van der Waals surface area contributed by atoms with Crippen molar-refractivity contribution in [3.63, 3.8) is 0 Å². The normalized spacial score (nSPS) is 20.1. The summed E-state index contributed by atoms with van der Waals surface area (Å²) in [5.41, 5.74) is 6.47. The van der Waals surface area contributed by atoms with Gasteiger partial charge in [-0.3, -0.25) is 14.6 Å². The average molecular weight is 456 g/mol. The summed E-state index contributed by atoms with van der Waals surface area (Å²) in [5, 5.41) is 0. The molecule has 34 heavy (non-hydrogen) atoms. The summed E-state index contributed by atoms with van der Waals surface area (Å²) in [4.78, 5) is 20.6. The number of nitrogens with zero attached hydrogens (tertiary/aromatic N) is 3. The van der Waals surface area contributed by atoms with Crippen molar-refractivity contribution in [1.29, 1.82) is 0 Å². The quantitative estimate of drug-likeness (QED) is 0.464. The second-order valence-corrected chi connectivity index (χ2v) is 9.91. The Bertz CT molecular complexity index is 1200. The van der Waals surface area contributed by atoms with E-state index in [1.807, 2.05) is 0 Å². The van der Waals surface area contributed by atoms with E-state index in [1.165, 1.54) is 30.5 Å². The molecule has 0 spiro atoms. The molecule has 1 aliphatic carbocycles. The van der Waals surface area contributed by atoms with Crippen LogP contribution in [0, 0.1) is 18.7 Å². The van der Waals surface area contributed by atoms with E-state index in [9.17, 15) is 9.18 Å². The molecule has 3 aromatic rings. The van der Waals surface area contributed by atoms with Gasteiger partial charge in [-0.25, -0.2) is 4.39 Å². The third-order valence-electron chi connectivity index (χ3n) is 7.34. The fourth-order valence-electron chi connectivity index (χ4n) is 5.35. The van der Waals surface area contributed by atoms with E-state index >= 15 is 0 Å². The monoisotopic (exact) mass is 455 g/mol. The Morgan fingerprint density at radius 2 is 1.53 bits per heavy atom. The lowest BCUT2D eigenvalue weighted by Crippen LogP contribution is -2.44. The van der Waals surface area contributed by atoms with Crippen molar-refractivity contribution in [2.75, 3.05) is 29.6 Å². The van der Waals surface area contributed by atoms with Crippen LogP contribution in [-0.2, 0) is 4.79 Å². The smallest absolute Gasteiger partial charge is 0.232 e. The number of carbonyl (C=O) groups is 1. The largest absolute Gasteiger partial charge is 0.332 e. The highest BCUT2D eigenvalue weighted by Gasteiger charge is 2.45. The first-order chi connectivity index (χ1) is 16.6. The lowest BCUT2D eigenvalue weighted by atomic mass is 10.0. The molecule has 1 unspecified atom stereocenters. The summed E-state index contributed by atoms with van der Waals surface area (Å²) in [5.74, 6) is 0.149. The molecule has 1 atom stereocenters. The molecule has 5 heteroatoms. The topological polar surface area (TPSA) is 26.8 Å². The summed E-state index contributed by atoms with van der Waals surface area (Å²) < 4.78 is 13.4. The lowest BCUT2D eigenvalue weighted by molar-refractivity contribution is -0.120. The van der Waals surface area contributed by atoms with Gasteiger partial charge in [0, 0.05) is 5.92 Å². The molecule has 6 rings (SSSR count). The third-order valence-corrected chi connectivity index (χ3v) is 7.34. The molecule has 2 fully saturated rings. The minimum atomic E-state index is -0.230. The molecule has 4 nitrogen and oxygen atoms in total. The van der Waals surface area contributed by atoms with Crippen molar-refractivity contribution in [1.82, 2.24) is 4.90 Å². The van der Waals surface area contributed by atoms with Crippen LogP contribution >= 0.6 is 0 Å². The highest BCUT2D eigenvalue weighted by molar-refractivity contribution is 6.03. The second-order valence-electron chi connectivity index (χ2n) is 9.91. The number of amides is 1. The maximum absolute atomic E-state index is 13.6. The molecule has 1 saturated heterocycles. The van der Waals surface area contributed by atoms with Crippen molar-refractivity contribution < 1.29 is 9.18 Å². The van der Waals surface area contributed by atoms with Crippen molar-refractivity contribution in [2.45, 2.75) is 38.8 Å². The van der Waals surface area contributed by atoms with Gasteiger partial charge in [-0.05, 0) is 92.2 Å². The molecule has 2 heterocycles. The fourth-order valence-corrected chi connectivity index (χ4v) is 5.35. The van der Waals surface area contributed by atoms with E-state index in [2.05, 4.69) is 64.1 Å². The van der Waals surface area contributed by atoms with Crippen LogP contribution in [-0.4, -0.2) is 30.6 Å². The number of likely N-dealkylation sites (tertiary alicyclic amines) is 1. The lowest BCUT2D eigenvalue weighted by Gasteiger charge is -2.35. The number of anilines is 2. The van der Waals surface area contributed by atoms with Crippen molar-refractivity contribution >= 4 is 17.3 Å². The zero-order chi connectivity index (χ0) is 23.2. The maximum atomic E-state index is 13.6. The van der Waals surface area contributed by atoms with E-state index < -0.39 is 0 Å². The molecule has 3 aliphatic rings.